The van der Waals surface area contributed by atoms with Crippen molar-refractivity contribution in [1.82, 2.24) is 15.5 Å². The average molecular weight is 484 g/mol. The number of guanidine groups is 1. The maximum absolute atomic E-state index is 11.6. The Hall–Kier alpha value is -1.31. The van der Waals surface area contributed by atoms with E-state index in [0.29, 0.717) is 24.2 Å². The van der Waals surface area contributed by atoms with E-state index in [1.807, 2.05) is 0 Å². The van der Waals surface area contributed by atoms with Crippen LogP contribution in [0.4, 0.5) is 0 Å². The molecule has 1 saturated heterocycles. The van der Waals surface area contributed by atoms with E-state index in [9.17, 15) is 4.79 Å². The average Bonchev–Trinajstić information content (AvgIpc) is 3.46. The van der Waals surface area contributed by atoms with Gasteiger partial charge in [0.25, 0.3) is 0 Å². The molecule has 1 aliphatic heterocycles. The van der Waals surface area contributed by atoms with Crippen LogP contribution < -0.4 is 10.6 Å². The van der Waals surface area contributed by atoms with E-state index in [0.717, 1.165) is 45.0 Å². The minimum Gasteiger partial charge on any atom is -0.359 e. The topological polar surface area (TPSA) is 56.7 Å². The SMILES string of the molecule is CCNC(=NCC1CC1c1ccccc1)N1CCC(CC(=O)NC)CC1.I. The van der Waals surface area contributed by atoms with Gasteiger partial charge in [-0.2, -0.15) is 0 Å². The van der Waals surface area contributed by atoms with E-state index in [1.165, 1.54) is 12.0 Å². The van der Waals surface area contributed by atoms with Crippen LogP contribution in [0.5, 0.6) is 0 Å². The van der Waals surface area contributed by atoms with Gasteiger partial charge in [-0.3, -0.25) is 9.79 Å². The second kappa shape index (κ2) is 10.9. The molecule has 2 N–H and O–H groups in total. The number of halogens is 1. The molecule has 0 aromatic heterocycles. The number of piperidine rings is 1. The zero-order chi connectivity index (χ0) is 18.4. The van der Waals surface area contributed by atoms with E-state index in [1.54, 1.807) is 7.05 Å². The molecule has 1 aromatic rings. The molecule has 1 saturated carbocycles. The van der Waals surface area contributed by atoms with Crippen LogP contribution in [0.25, 0.3) is 0 Å². The molecule has 150 valence electrons. The largest absolute Gasteiger partial charge is 0.359 e. The molecule has 0 bridgehead atoms. The summed E-state index contributed by atoms with van der Waals surface area (Å²) in [4.78, 5) is 18.9. The van der Waals surface area contributed by atoms with Gasteiger partial charge in [0.1, 0.15) is 0 Å². The number of nitrogens with one attached hydrogen (secondary N) is 2. The lowest BCUT2D eigenvalue weighted by Crippen LogP contribution is -2.46. The zero-order valence-corrected chi connectivity index (χ0v) is 18.8. The summed E-state index contributed by atoms with van der Waals surface area (Å²) >= 11 is 0. The number of benzene rings is 1. The van der Waals surface area contributed by atoms with Crippen molar-refractivity contribution in [3.63, 3.8) is 0 Å². The highest BCUT2D eigenvalue weighted by atomic mass is 127. The van der Waals surface area contributed by atoms with Crippen molar-refractivity contribution in [3.05, 3.63) is 35.9 Å². The summed E-state index contributed by atoms with van der Waals surface area (Å²) in [6.45, 7) is 5.89. The molecule has 1 heterocycles. The van der Waals surface area contributed by atoms with Crippen LogP contribution >= 0.6 is 24.0 Å². The van der Waals surface area contributed by atoms with Gasteiger partial charge in [-0.25, -0.2) is 0 Å². The molecule has 0 radical (unpaired) electrons. The van der Waals surface area contributed by atoms with Gasteiger partial charge in [0.2, 0.25) is 5.91 Å². The van der Waals surface area contributed by atoms with Crippen LogP contribution in [-0.4, -0.2) is 50.0 Å². The van der Waals surface area contributed by atoms with Crippen LogP contribution in [0.1, 0.15) is 44.1 Å². The normalized spacial score (nSPS) is 22.7. The van der Waals surface area contributed by atoms with Gasteiger partial charge in [0, 0.05) is 39.6 Å². The summed E-state index contributed by atoms with van der Waals surface area (Å²) in [6.07, 6.45) is 4.03. The number of carbonyl (C=O) groups is 1. The fourth-order valence-electron chi connectivity index (χ4n) is 3.90. The molecule has 2 aliphatic rings. The highest BCUT2D eigenvalue weighted by Crippen LogP contribution is 2.47. The lowest BCUT2D eigenvalue weighted by Gasteiger charge is -2.34. The molecule has 2 atom stereocenters. The molecular formula is C21H33IN4O. The highest BCUT2D eigenvalue weighted by Gasteiger charge is 2.38. The Morgan fingerprint density at radius 2 is 1.93 bits per heavy atom. The van der Waals surface area contributed by atoms with Gasteiger partial charge in [0.15, 0.2) is 5.96 Å². The number of likely N-dealkylation sites (tertiary alicyclic amines) is 1. The van der Waals surface area contributed by atoms with Crippen LogP contribution in [-0.2, 0) is 4.79 Å². The number of hydrogen-bond donors (Lipinski definition) is 2. The van der Waals surface area contributed by atoms with E-state index in [-0.39, 0.29) is 29.9 Å². The molecule has 2 fully saturated rings. The van der Waals surface area contributed by atoms with Crippen molar-refractivity contribution in [3.8, 4) is 0 Å². The van der Waals surface area contributed by atoms with Gasteiger partial charge < -0.3 is 15.5 Å². The van der Waals surface area contributed by atoms with E-state index < -0.39 is 0 Å². The Bertz CT molecular complexity index is 614. The third kappa shape index (κ3) is 6.36. The van der Waals surface area contributed by atoms with Crippen LogP contribution in [0, 0.1) is 11.8 Å². The Balaban J connectivity index is 0.00000261. The van der Waals surface area contributed by atoms with E-state index in [4.69, 9.17) is 4.99 Å². The summed E-state index contributed by atoms with van der Waals surface area (Å²) in [5.41, 5.74) is 1.45. The first kappa shape index (κ1) is 22.0. The van der Waals surface area contributed by atoms with Crippen molar-refractivity contribution >= 4 is 35.8 Å². The van der Waals surface area contributed by atoms with Gasteiger partial charge in [-0.15, -0.1) is 24.0 Å². The number of carbonyl (C=O) groups excluding carboxylic acids is 1. The summed E-state index contributed by atoms with van der Waals surface area (Å²) < 4.78 is 0. The number of aliphatic imine (C=N–C) groups is 1. The maximum Gasteiger partial charge on any atom is 0.220 e. The first-order chi connectivity index (χ1) is 12.7. The molecular weight excluding hydrogens is 451 g/mol. The van der Waals surface area contributed by atoms with E-state index >= 15 is 0 Å². The first-order valence-electron chi connectivity index (χ1n) is 10.00. The molecule has 1 amide bonds. The van der Waals surface area contributed by atoms with Crippen molar-refractivity contribution in [1.29, 1.82) is 0 Å². The maximum atomic E-state index is 11.6. The van der Waals surface area contributed by atoms with Crippen molar-refractivity contribution in [2.75, 3.05) is 33.2 Å². The molecule has 1 aliphatic carbocycles. The van der Waals surface area contributed by atoms with Gasteiger partial charge in [0.05, 0.1) is 0 Å². The summed E-state index contributed by atoms with van der Waals surface area (Å²) in [5.74, 6) is 3.06. The number of hydrogen-bond acceptors (Lipinski definition) is 2. The highest BCUT2D eigenvalue weighted by molar-refractivity contribution is 14.0. The molecule has 27 heavy (non-hydrogen) atoms. The molecule has 6 heteroatoms. The number of nitrogens with zero attached hydrogens (tertiary/aromatic N) is 2. The minimum absolute atomic E-state index is 0. The van der Waals surface area contributed by atoms with Gasteiger partial charge in [-0.1, -0.05) is 30.3 Å². The summed E-state index contributed by atoms with van der Waals surface area (Å²) in [7, 11) is 1.72. The van der Waals surface area contributed by atoms with Crippen molar-refractivity contribution in [2.24, 2.45) is 16.8 Å². The lowest BCUT2D eigenvalue weighted by atomic mass is 9.93. The fraction of sp³-hybridized carbons (Fsp3) is 0.619. The van der Waals surface area contributed by atoms with Crippen LogP contribution in [0.3, 0.4) is 0 Å². The second-order valence-corrected chi connectivity index (χ2v) is 7.52. The van der Waals surface area contributed by atoms with Crippen molar-refractivity contribution < 1.29 is 4.79 Å². The van der Waals surface area contributed by atoms with Crippen molar-refractivity contribution in [2.45, 2.75) is 38.5 Å². The molecule has 3 rings (SSSR count). The summed E-state index contributed by atoms with van der Waals surface area (Å²) in [5, 5.41) is 6.19. The third-order valence-electron chi connectivity index (χ3n) is 5.63. The standard InChI is InChI=1S/C21H32N4O.HI/c1-3-23-21(25-11-9-16(10-12-25)13-20(26)22-2)24-15-18-14-19(18)17-7-5-4-6-8-17;/h4-8,16,18-19H,3,9-15H2,1-2H3,(H,22,26)(H,23,24);1H. The first-order valence-corrected chi connectivity index (χ1v) is 10.00. The Morgan fingerprint density at radius 3 is 2.56 bits per heavy atom. The number of amides is 1. The molecule has 1 aromatic carbocycles. The van der Waals surface area contributed by atoms with Crippen LogP contribution in [0.2, 0.25) is 0 Å². The Labute approximate surface area is 180 Å². The zero-order valence-electron chi connectivity index (χ0n) is 16.5. The molecule has 0 spiro atoms. The predicted octanol–water partition coefficient (Wildman–Crippen LogP) is 3.22. The van der Waals surface area contributed by atoms with Crippen LogP contribution in [0.15, 0.2) is 35.3 Å². The Morgan fingerprint density at radius 1 is 1.22 bits per heavy atom. The quantitative estimate of drug-likeness (QED) is 0.371. The monoisotopic (exact) mass is 484 g/mol. The Kier molecular flexibility index (Phi) is 8.86. The summed E-state index contributed by atoms with van der Waals surface area (Å²) in [6, 6.07) is 10.8. The van der Waals surface area contributed by atoms with Gasteiger partial charge >= 0.3 is 0 Å². The molecule has 2 unspecified atom stereocenters. The minimum atomic E-state index is 0. The van der Waals surface area contributed by atoms with Gasteiger partial charge in [-0.05, 0) is 49.5 Å². The van der Waals surface area contributed by atoms with E-state index in [2.05, 4.69) is 52.8 Å². The lowest BCUT2D eigenvalue weighted by molar-refractivity contribution is -0.121. The third-order valence-corrected chi connectivity index (χ3v) is 5.63. The smallest absolute Gasteiger partial charge is 0.220 e. The number of rotatable bonds is 6. The second-order valence-electron chi connectivity index (χ2n) is 7.52. The fourth-order valence-corrected chi connectivity index (χ4v) is 3.90. The molecule has 5 nitrogen and oxygen atoms in total. The predicted molar refractivity (Wildman–Crippen MR) is 122 cm³/mol.